The van der Waals surface area contributed by atoms with E-state index in [0.29, 0.717) is 12.0 Å². The molecule has 0 bridgehead atoms. The van der Waals surface area contributed by atoms with Crippen LogP contribution in [0.5, 0.6) is 0 Å². The van der Waals surface area contributed by atoms with Gasteiger partial charge in [-0.15, -0.1) is 0 Å². The molecule has 0 aromatic heterocycles. The van der Waals surface area contributed by atoms with Crippen LogP contribution in [-0.2, 0) is 6.42 Å². The Bertz CT molecular complexity index is 1310. The Hall–Kier alpha value is -3.38. The van der Waals surface area contributed by atoms with E-state index in [1.54, 1.807) is 6.07 Å². The number of halogens is 2. The van der Waals surface area contributed by atoms with Gasteiger partial charge in [0.15, 0.2) is 0 Å². The van der Waals surface area contributed by atoms with Crippen LogP contribution in [0.15, 0.2) is 65.2 Å². The van der Waals surface area contributed by atoms with Crippen LogP contribution in [0.25, 0.3) is 17.2 Å². The molecule has 4 heteroatoms. The van der Waals surface area contributed by atoms with Gasteiger partial charge in [-0.2, -0.15) is 4.99 Å². The lowest BCUT2D eigenvalue weighted by Crippen LogP contribution is -1.92. The fourth-order valence-electron chi connectivity index (χ4n) is 3.94. The summed E-state index contributed by atoms with van der Waals surface area (Å²) in [4.78, 5) is 3.65. The number of rotatable bonds is 3. The minimum absolute atomic E-state index is 0.0681. The van der Waals surface area contributed by atoms with Gasteiger partial charge in [-0.25, -0.2) is 8.78 Å². The average Bonchev–Trinajstić information content (AvgIpc) is 3.52. The van der Waals surface area contributed by atoms with E-state index in [2.05, 4.69) is 58.5 Å². The van der Waals surface area contributed by atoms with Gasteiger partial charge in [-0.05, 0) is 77.5 Å². The van der Waals surface area contributed by atoms with Gasteiger partial charge in [0.05, 0.1) is 16.4 Å². The lowest BCUT2D eigenvalue weighted by atomic mass is 9.99. The first-order chi connectivity index (χ1) is 15.1. The molecular formula is C27H17F2NS. The minimum Gasteiger partial charge on any atom is -0.206 e. The second-order valence-electron chi connectivity index (χ2n) is 7.89. The summed E-state index contributed by atoms with van der Waals surface area (Å²) in [6.07, 6.45) is 5.26. The van der Waals surface area contributed by atoms with Crippen LogP contribution in [0.2, 0.25) is 0 Å². The first-order valence-corrected chi connectivity index (χ1v) is 10.5. The van der Waals surface area contributed by atoms with Crippen molar-refractivity contribution >= 4 is 29.1 Å². The summed E-state index contributed by atoms with van der Waals surface area (Å²) in [5.41, 5.74) is 5.94. The van der Waals surface area contributed by atoms with Gasteiger partial charge in [0.25, 0.3) is 0 Å². The van der Waals surface area contributed by atoms with Crippen LogP contribution in [-0.4, -0.2) is 5.16 Å². The Kier molecular flexibility index (Phi) is 5.08. The van der Waals surface area contributed by atoms with Gasteiger partial charge in [-0.3, -0.25) is 0 Å². The van der Waals surface area contributed by atoms with Crippen molar-refractivity contribution in [1.82, 2.24) is 0 Å². The Balaban J connectivity index is 1.37. The summed E-state index contributed by atoms with van der Waals surface area (Å²) in [7, 11) is 0. The van der Waals surface area contributed by atoms with E-state index in [1.807, 2.05) is 18.2 Å². The molecule has 0 unspecified atom stereocenters. The monoisotopic (exact) mass is 425 g/mol. The third kappa shape index (κ3) is 4.11. The molecule has 31 heavy (non-hydrogen) atoms. The normalized spacial score (nSPS) is 14.2. The molecule has 0 N–H and O–H groups in total. The Morgan fingerprint density at radius 2 is 1.65 bits per heavy atom. The zero-order chi connectivity index (χ0) is 21.4. The fraction of sp³-hybridized carbons (Fsp3) is 0.148. The number of benzene rings is 3. The molecule has 1 fully saturated rings. The van der Waals surface area contributed by atoms with Gasteiger partial charge < -0.3 is 0 Å². The molecule has 0 atom stereocenters. The van der Waals surface area contributed by atoms with Crippen LogP contribution in [0.1, 0.15) is 41.0 Å². The van der Waals surface area contributed by atoms with Crippen molar-refractivity contribution in [3.05, 3.63) is 94.1 Å². The minimum atomic E-state index is -0.676. The highest BCUT2D eigenvalue weighted by molar-refractivity contribution is 7.78. The number of allylic oxidation sites excluding steroid dienone is 1. The van der Waals surface area contributed by atoms with Crippen molar-refractivity contribution in [3.8, 4) is 23.0 Å². The maximum absolute atomic E-state index is 14.5. The quantitative estimate of drug-likeness (QED) is 0.245. The predicted molar refractivity (Wildman–Crippen MR) is 123 cm³/mol. The third-order valence-electron chi connectivity index (χ3n) is 5.67. The molecule has 1 saturated carbocycles. The number of aliphatic imine (C=N–C) groups is 1. The molecule has 0 spiro atoms. The van der Waals surface area contributed by atoms with Crippen molar-refractivity contribution in [1.29, 1.82) is 0 Å². The molecule has 0 saturated heterocycles. The summed E-state index contributed by atoms with van der Waals surface area (Å²) < 4.78 is 29.1. The Morgan fingerprint density at radius 1 is 0.903 bits per heavy atom. The van der Waals surface area contributed by atoms with Crippen molar-refractivity contribution in [2.45, 2.75) is 25.2 Å². The highest BCUT2D eigenvalue weighted by Crippen LogP contribution is 2.40. The lowest BCUT2D eigenvalue weighted by Gasteiger charge is -2.08. The Morgan fingerprint density at radius 3 is 2.32 bits per heavy atom. The number of fused-ring (bicyclic) bond motifs is 1. The zero-order valence-corrected chi connectivity index (χ0v) is 17.4. The van der Waals surface area contributed by atoms with Gasteiger partial charge in [0.1, 0.15) is 11.6 Å². The largest absolute Gasteiger partial charge is 0.206 e. The highest BCUT2D eigenvalue weighted by atomic mass is 32.1. The van der Waals surface area contributed by atoms with E-state index in [4.69, 9.17) is 0 Å². The second kappa shape index (κ2) is 8.04. The number of nitrogens with zero attached hydrogens (tertiary/aromatic N) is 1. The van der Waals surface area contributed by atoms with Crippen LogP contribution in [0.3, 0.4) is 0 Å². The molecule has 3 aromatic rings. The van der Waals surface area contributed by atoms with E-state index in [0.717, 1.165) is 40.3 Å². The summed E-state index contributed by atoms with van der Waals surface area (Å²) in [5.74, 6) is 5.86. The van der Waals surface area contributed by atoms with Crippen molar-refractivity contribution in [2.24, 2.45) is 4.99 Å². The summed E-state index contributed by atoms with van der Waals surface area (Å²) in [5, 5.41) is 2.13. The maximum atomic E-state index is 14.5. The lowest BCUT2D eigenvalue weighted by molar-refractivity contribution is 0.590. The fourth-order valence-corrected chi connectivity index (χ4v) is 4.05. The molecule has 3 aromatic carbocycles. The zero-order valence-electron chi connectivity index (χ0n) is 16.6. The van der Waals surface area contributed by atoms with Crippen molar-refractivity contribution in [2.75, 3.05) is 0 Å². The van der Waals surface area contributed by atoms with E-state index in [9.17, 15) is 8.78 Å². The molecule has 5 rings (SSSR count). The molecule has 150 valence electrons. The first-order valence-electron chi connectivity index (χ1n) is 10.1. The number of isothiocyanates is 1. The molecule has 0 aliphatic heterocycles. The SMILES string of the molecule is Fc1cc(N=C=S)cc(F)c1-c1ccc2c(c1)CC(C#Cc1ccc(C3CC3)cc1)=C2. The van der Waals surface area contributed by atoms with E-state index < -0.39 is 11.6 Å². The van der Waals surface area contributed by atoms with Gasteiger partial charge in [0.2, 0.25) is 0 Å². The van der Waals surface area contributed by atoms with Crippen LogP contribution in [0, 0.1) is 23.5 Å². The van der Waals surface area contributed by atoms with E-state index in [-0.39, 0.29) is 11.3 Å². The molecular weight excluding hydrogens is 408 g/mol. The molecule has 2 aliphatic rings. The standard InChI is InChI=1S/C27H17F2NS/c28-25-14-24(30-16-31)15-26(29)27(25)22-10-9-21-11-18(12-23(21)13-22)2-1-17-3-5-19(6-4-17)20-7-8-20/h3-6,9-11,13-15,20H,7-8,12H2. The number of hydrogen-bond acceptors (Lipinski definition) is 2. The summed E-state index contributed by atoms with van der Waals surface area (Å²) in [6.45, 7) is 0. The number of hydrogen-bond donors (Lipinski definition) is 0. The predicted octanol–water partition coefficient (Wildman–Crippen LogP) is 7.23. The molecule has 0 heterocycles. The van der Waals surface area contributed by atoms with E-state index >= 15 is 0 Å². The van der Waals surface area contributed by atoms with Gasteiger partial charge >= 0.3 is 0 Å². The number of thiocarbonyl (C=S) groups is 1. The van der Waals surface area contributed by atoms with Crippen LogP contribution in [0.4, 0.5) is 14.5 Å². The van der Waals surface area contributed by atoms with Crippen LogP contribution >= 0.6 is 12.2 Å². The smallest absolute Gasteiger partial charge is 0.136 e. The van der Waals surface area contributed by atoms with Crippen LogP contribution < -0.4 is 0 Å². The van der Waals surface area contributed by atoms with E-state index in [1.165, 1.54) is 18.4 Å². The summed E-state index contributed by atoms with van der Waals surface area (Å²) in [6, 6.07) is 16.2. The maximum Gasteiger partial charge on any atom is 0.136 e. The first kappa shape index (κ1) is 19.6. The molecule has 2 aliphatic carbocycles. The second-order valence-corrected chi connectivity index (χ2v) is 8.08. The highest BCUT2D eigenvalue weighted by Gasteiger charge is 2.22. The molecule has 0 radical (unpaired) electrons. The topological polar surface area (TPSA) is 12.4 Å². The van der Waals surface area contributed by atoms with Gasteiger partial charge in [0, 0.05) is 29.7 Å². The average molecular weight is 426 g/mol. The summed E-state index contributed by atoms with van der Waals surface area (Å²) >= 11 is 4.50. The molecule has 1 nitrogen and oxygen atoms in total. The van der Waals surface area contributed by atoms with Crippen molar-refractivity contribution in [3.63, 3.8) is 0 Å². The Labute approximate surface area is 185 Å². The molecule has 0 amide bonds. The van der Waals surface area contributed by atoms with Crippen molar-refractivity contribution < 1.29 is 8.78 Å². The van der Waals surface area contributed by atoms with Gasteiger partial charge in [-0.1, -0.05) is 36.1 Å². The third-order valence-corrected chi connectivity index (χ3v) is 5.76.